The Morgan fingerprint density at radius 1 is 1.19 bits per heavy atom. The van der Waals surface area contributed by atoms with Crippen molar-refractivity contribution >= 4 is 23.4 Å². The monoisotopic (exact) mass is 450 g/mol. The fourth-order valence-electron chi connectivity index (χ4n) is 4.19. The summed E-state index contributed by atoms with van der Waals surface area (Å²) in [5.74, 6) is 0.127. The van der Waals surface area contributed by atoms with Crippen molar-refractivity contribution in [2.24, 2.45) is 11.3 Å². The second kappa shape index (κ2) is 10.8. The number of halogens is 1. The minimum Gasteiger partial charge on any atom is -0.459 e. The maximum absolute atomic E-state index is 13.3. The van der Waals surface area contributed by atoms with Crippen LogP contribution in [0.1, 0.15) is 63.6 Å². The molecule has 7 heteroatoms. The van der Waals surface area contributed by atoms with E-state index in [4.69, 9.17) is 16.0 Å². The van der Waals surface area contributed by atoms with Crippen molar-refractivity contribution in [3.63, 3.8) is 0 Å². The van der Waals surface area contributed by atoms with E-state index in [0.717, 1.165) is 11.4 Å². The fraction of sp³-hybridized carbons (Fsp3) is 0.500. The number of amides is 2. The largest absolute Gasteiger partial charge is 0.459 e. The number of benzene rings is 1. The second-order valence-electron chi connectivity index (χ2n) is 8.81. The average Bonchev–Trinajstić information content (AvgIpc) is 3.20. The minimum absolute atomic E-state index is 0. The van der Waals surface area contributed by atoms with E-state index in [1.165, 1.54) is 11.8 Å². The normalized spacial score (nSPS) is 18.5. The number of nitrogens with one attached hydrogen (secondary N) is 1. The number of piperidine rings is 1. The maximum atomic E-state index is 13.3. The zero-order valence-corrected chi connectivity index (χ0v) is 18.7. The summed E-state index contributed by atoms with van der Waals surface area (Å²) in [6.45, 7) is 9.57. The molecule has 1 fully saturated rings. The van der Waals surface area contributed by atoms with Crippen molar-refractivity contribution in [1.82, 2.24) is 10.2 Å². The number of carbonyl (C=O) groups is 2. The molecule has 1 aliphatic heterocycles. The molecule has 2 atom stereocenters. The number of hydrogen-bond donors (Lipinski definition) is 1. The van der Waals surface area contributed by atoms with Gasteiger partial charge in [0, 0.05) is 18.1 Å². The van der Waals surface area contributed by atoms with Crippen LogP contribution < -0.4 is 5.32 Å². The summed E-state index contributed by atoms with van der Waals surface area (Å²) in [4.78, 5) is 27.6. The van der Waals surface area contributed by atoms with Crippen molar-refractivity contribution < 1.29 is 19.5 Å². The van der Waals surface area contributed by atoms with Gasteiger partial charge >= 0.3 is 0 Å². The lowest BCUT2D eigenvalue weighted by atomic mass is 9.70. The molecule has 0 spiro atoms. The molecule has 1 saturated heterocycles. The van der Waals surface area contributed by atoms with Crippen molar-refractivity contribution in [2.75, 3.05) is 13.1 Å². The first-order valence-electron chi connectivity index (χ1n) is 10.1. The summed E-state index contributed by atoms with van der Waals surface area (Å²) in [7, 11) is 0. The van der Waals surface area contributed by atoms with Gasteiger partial charge in [-0.1, -0.05) is 58.9 Å². The first-order chi connectivity index (χ1) is 13.7. The van der Waals surface area contributed by atoms with Crippen LogP contribution in [0.2, 0.25) is 5.02 Å². The van der Waals surface area contributed by atoms with Crippen LogP contribution in [0.15, 0.2) is 47.1 Å². The number of nitrogens with zero attached hydrogens (tertiary/aromatic N) is 1. The molecule has 0 radical (unpaired) electrons. The van der Waals surface area contributed by atoms with E-state index in [0.29, 0.717) is 19.0 Å². The molecule has 1 aromatic heterocycles. The van der Waals surface area contributed by atoms with Gasteiger partial charge < -0.3 is 20.1 Å². The lowest BCUT2D eigenvalue weighted by Gasteiger charge is -2.45. The molecule has 0 aliphatic carbocycles. The molecular weight excluding hydrogens is 416 g/mol. The molecule has 31 heavy (non-hydrogen) atoms. The van der Waals surface area contributed by atoms with Crippen LogP contribution >= 0.6 is 11.6 Å². The standard InChI is InChI=1S/C23H29ClN2O3.CH4.H2O/c1-15(2)20(25-21(27)19-6-5-13-29-19)22(28)26-12-11-18(23(3,4)14-26)16-7-9-17(24)10-8-16;;/h5-10,13,15,18,20H,11-12,14H2,1-4H3,(H,25,27);1H4;1H2/t18-,20-;;/m1../s1. The summed E-state index contributed by atoms with van der Waals surface area (Å²) in [5.41, 5.74) is 1.16. The Hall–Kier alpha value is -2.31. The average molecular weight is 451 g/mol. The van der Waals surface area contributed by atoms with E-state index in [1.807, 2.05) is 30.9 Å². The van der Waals surface area contributed by atoms with E-state index in [1.54, 1.807) is 12.1 Å². The van der Waals surface area contributed by atoms with Crippen LogP contribution in [-0.4, -0.2) is 41.3 Å². The van der Waals surface area contributed by atoms with Gasteiger partial charge in [-0.25, -0.2) is 0 Å². The third kappa shape index (κ3) is 6.11. The van der Waals surface area contributed by atoms with Crippen molar-refractivity contribution in [3.8, 4) is 0 Å². The molecule has 1 aromatic carbocycles. The summed E-state index contributed by atoms with van der Waals surface area (Å²) >= 11 is 6.04. The van der Waals surface area contributed by atoms with Gasteiger partial charge in [0.25, 0.3) is 5.91 Å². The highest BCUT2D eigenvalue weighted by atomic mass is 35.5. The number of carbonyl (C=O) groups excluding carboxylic acids is 2. The van der Waals surface area contributed by atoms with Gasteiger partial charge in [0.1, 0.15) is 6.04 Å². The SMILES string of the molecule is C.CC(C)[C@@H](NC(=O)c1ccco1)C(=O)N1CC[C@H](c2ccc(Cl)cc2)C(C)(C)C1.O. The molecule has 2 aromatic rings. The van der Waals surface area contributed by atoms with Crippen LogP contribution in [0, 0.1) is 11.3 Å². The maximum Gasteiger partial charge on any atom is 0.287 e. The predicted octanol–water partition coefficient (Wildman–Crippen LogP) is 4.54. The molecule has 2 amide bonds. The Morgan fingerprint density at radius 2 is 1.84 bits per heavy atom. The van der Waals surface area contributed by atoms with Gasteiger partial charge in [-0.05, 0) is 53.5 Å². The summed E-state index contributed by atoms with van der Waals surface area (Å²) in [6.07, 6.45) is 2.32. The Labute approximate surface area is 190 Å². The Morgan fingerprint density at radius 3 is 2.35 bits per heavy atom. The summed E-state index contributed by atoms with van der Waals surface area (Å²) < 4.78 is 5.16. The Balaban J connectivity index is 0.00000240. The Kier molecular flexibility index (Phi) is 9.33. The van der Waals surface area contributed by atoms with Crippen molar-refractivity contribution in [2.45, 2.75) is 53.5 Å². The van der Waals surface area contributed by atoms with Crippen LogP contribution in [-0.2, 0) is 4.79 Å². The zero-order valence-electron chi connectivity index (χ0n) is 17.9. The number of rotatable bonds is 5. The van der Waals surface area contributed by atoms with E-state index in [9.17, 15) is 9.59 Å². The second-order valence-corrected chi connectivity index (χ2v) is 9.25. The Bertz CT molecular complexity index is 847. The van der Waals surface area contributed by atoms with E-state index >= 15 is 0 Å². The first kappa shape index (κ1) is 26.7. The number of likely N-dealkylation sites (tertiary alicyclic amines) is 1. The van der Waals surface area contributed by atoms with Gasteiger partial charge in [0.2, 0.25) is 5.91 Å². The van der Waals surface area contributed by atoms with E-state index < -0.39 is 6.04 Å². The highest BCUT2D eigenvalue weighted by Gasteiger charge is 2.40. The fourth-order valence-corrected chi connectivity index (χ4v) is 4.31. The lowest BCUT2D eigenvalue weighted by molar-refractivity contribution is -0.137. The number of furan rings is 1. The van der Waals surface area contributed by atoms with Crippen LogP contribution in [0.5, 0.6) is 0 Å². The third-order valence-corrected chi connectivity index (χ3v) is 6.03. The van der Waals surface area contributed by atoms with E-state index in [-0.39, 0.29) is 41.8 Å². The summed E-state index contributed by atoms with van der Waals surface area (Å²) in [5, 5.41) is 3.58. The summed E-state index contributed by atoms with van der Waals surface area (Å²) in [6, 6.07) is 10.7. The molecule has 0 bridgehead atoms. The molecular formula is C24H35ClN2O4. The quantitative estimate of drug-likeness (QED) is 0.724. The van der Waals surface area contributed by atoms with Crippen LogP contribution in [0.4, 0.5) is 0 Å². The van der Waals surface area contributed by atoms with Gasteiger partial charge in [-0.2, -0.15) is 0 Å². The first-order valence-corrected chi connectivity index (χ1v) is 10.5. The molecule has 3 N–H and O–H groups in total. The highest BCUT2D eigenvalue weighted by molar-refractivity contribution is 6.30. The zero-order chi connectivity index (χ0) is 21.2. The molecule has 6 nitrogen and oxygen atoms in total. The van der Waals surface area contributed by atoms with Crippen LogP contribution in [0.25, 0.3) is 0 Å². The molecule has 1 aliphatic rings. The lowest BCUT2D eigenvalue weighted by Crippen LogP contribution is -2.55. The minimum atomic E-state index is -0.588. The molecule has 2 heterocycles. The van der Waals surface area contributed by atoms with Crippen molar-refractivity contribution in [3.05, 3.63) is 59.0 Å². The van der Waals surface area contributed by atoms with Crippen molar-refractivity contribution in [1.29, 1.82) is 0 Å². The van der Waals surface area contributed by atoms with E-state index in [2.05, 4.69) is 31.3 Å². The van der Waals surface area contributed by atoms with Gasteiger partial charge in [-0.15, -0.1) is 0 Å². The molecule has 172 valence electrons. The topological polar surface area (TPSA) is 94.1 Å². The third-order valence-electron chi connectivity index (χ3n) is 5.78. The predicted molar refractivity (Wildman–Crippen MR) is 124 cm³/mol. The molecule has 3 rings (SSSR count). The molecule has 0 saturated carbocycles. The van der Waals surface area contributed by atoms with Crippen LogP contribution in [0.3, 0.4) is 0 Å². The smallest absolute Gasteiger partial charge is 0.287 e. The van der Waals surface area contributed by atoms with Gasteiger partial charge in [0.15, 0.2) is 5.76 Å². The van der Waals surface area contributed by atoms with Gasteiger partial charge in [-0.3, -0.25) is 9.59 Å². The number of hydrogen-bond acceptors (Lipinski definition) is 3. The molecule has 0 unspecified atom stereocenters. The van der Waals surface area contributed by atoms with Gasteiger partial charge in [0.05, 0.1) is 6.26 Å². The highest BCUT2D eigenvalue weighted by Crippen LogP contribution is 2.42.